The van der Waals surface area contributed by atoms with Crippen LogP contribution in [-0.2, 0) is 5.54 Å². The Kier molecular flexibility index (Phi) is 5.36. The zero-order valence-corrected chi connectivity index (χ0v) is 20.0. The highest BCUT2D eigenvalue weighted by Gasteiger charge is 2.35. The van der Waals surface area contributed by atoms with Gasteiger partial charge in [0.2, 0.25) is 0 Å². The molecule has 2 nitrogen and oxygen atoms in total. The van der Waals surface area contributed by atoms with Gasteiger partial charge in [-0.1, -0.05) is 96.5 Å². The molecule has 0 spiro atoms. The molecule has 1 aliphatic rings. The summed E-state index contributed by atoms with van der Waals surface area (Å²) in [6.45, 7) is 3.32. The fraction of sp³-hybridized carbons (Fsp3) is 0.194. The predicted molar refractivity (Wildman–Crippen MR) is 143 cm³/mol. The number of benzene rings is 4. The Morgan fingerprint density at radius 1 is 0.794 bits per heavy atom. The van der Waals surface area contributed by atoms with Crippen LogP contribution in [0.5, 0.6) is 0 Å². The molecule has 34 heavy (non-hydrogen) atoms. The average Bonchev–Trinajstić information content (AvgIpc) is 3.31. The zero-order valence-electron chi connectivity index (χ0n) is 19.3. The lowest BCUT2D eigenvalue weighted by atomic mass is 9.77. The summed E-state index contributed by atoms with van der Waals surface area (Å²) in [4.78, 5) is 4.52. The van der Waals surface area contributed by atoms with Crippen LogP contribution in [0.2, 0.25) is 5.15 Å². The first kappa shape index (κ1) is 21.3. The quantitative estimate of drug-likeness (QED) is 0.275. The van der Waals surface area contributed by atoms with Crippen LogP contribution in [0, 0.1) is 0 Å². The Morgan fingerprint density at radius 3 is 1.94 bits per heavy atom. The molecule has 0 amide bonds. The maximum absolute atomic E-state index is 6.55. The molecule has 1 aliphatic heterocycles. The molecule has 168 valence electrons. The number of pyridine rings is 1. The highest BCUT2D eigenvalue weighted by atomic mass is 35.5. The molecular formula is C31H27ClN2. The molecule has 0 unspecified atom stereocenters. The second-order valence-corrected chi connectivity index (χ2v) is 9.99. The molecule has 5 aromatic rings. The number of rotatable bonds is 4. The van der Waals surface area contributed by atoms with Crippen molar-refractivity contribution in [3.8, 4) is 0 Å². The van der Waals surface area contributed by atoms with E-state index in [9.17, 15) is 0 Å². The minimum absolute atomic E-state index is 0.0453. The SMILES string of the molecule is C[C@@]1(c2cnc(Cl)cc2C(c2ccc3ccccc3c2)c2ccc3ccccc3c2)CCCN1. The first-order valence-corrected chi connectivity index (χ1v) is 12.4. The average molecular weight is 463 g/mol. The third-order valence-corrected chi connectivity index (χ3v) is 7.60. The lowest BCUT2D eigenvalue weighted by molar-refractivity contribution is 0.429. The van der Waals surface area contributed by atoms with E-state index in [4.69, 9.17) is 11.6 Å². The van der Waals surface area contributed by atoms with E-state index in [1.165, 1.54) is 43.8 Å². The van der Waals surface area contributed by atoms with Crippen molar-refractivity contribution < 1.29 is 0 Å². The number of halogens is 1. The third kappa shape index (κ3) is 3.77. The topological polar surface area (TPSA) is 24.9 Å². The first-order chi connectivity index (χ1) is 16.6. The van der Waals surface area contributed by atoms with Gasteiger partial charge in [0.1, 0.15) is 5.15 Å². The summed E-state index contributed by atoms with van der Waals surface area (Å²) in [6, 6.07) is 32.9. The minimum atomic E-state index is -0.112. The number of aromatic nitrogens is 1. The maximum atomic E-state index is 6.55. The monoisotopic (exact) mass is 462 g/mol. The normalized spacial score (nSPS) is 18.2. The Balaban J connectivity index is 1.62. The third-order valence-electron chi connectivity index (χ3n) is 7.39. The second kappa shape index (κ2) is 8.54. The van der Waals surface area contributed by atoms with Crippen molar-refractivity contribution in [3.63, 3.8) is 0 Å². The largest absolute Gasteiger partial charge is 0.308 e. The van der Waals surface area contributed by atoms with Crippen LogP contribution in [0.3, 0.4) is 0 Å². The summed E-state index contributed by atoms with van der Waals surface area (Å²) in [5.74, 6) is 0.0453. The summed E-state index contributed by atoms with van der Waals surface area (Å²) in [5, 5.41) is 9.27. The van der Waals surface area contributed by atoms with Gasteiger partial charge in [-0.25, -0.2) is 4.98 Å². The number of nitrogens with one attached hydrogen (secondary N) is 1. The number of fused-ring (bicyclic) bond motifs is 2. The van der Waals surface area contributed by atoms with E-state index in [1.54, 1.807) is 0 Å². The van der Waals surface area contributed by atoms with E-state index in [-0.39, 0.29) is 11.5 Å². The molecule has 1 aromatic heterocycles. The molecule has 2 heterocycles. The van der Waals surface area contributed by atoms with E-state index < -0.39 is 0 Å². The molecule has 1 saturated heterocycles. The van der Waals surface area contributed by atoms with E-state index in [1.807, 2.05) is 6.20 Å². The molecule has 1 N–H and O–H groups in total. The van der Waals surface area contributed by atoms with Crippen molar-refractivity contribution in [2.24, 2.45) is 0 Å². The van der Waals surface area contributed by atoms with Crippen LogP contribution in [0.15, 0.2) is 97.2 Å². The molecule has 6 rings (SSSR count). The number of nitrogens with zero attached hydrogens (tertiary/aromatic N) is 1. The van der Waals surface area contributed by atoms with Gasteiger partial charge in [0.05, 0.1) is 0 Å². The molecule has 0 aliphatic carbocycles. The van der Waals surface area contributed by atoms with Crippen LogP contribution >= 0.6 is 11.6 Å². The number of hydrogen-bond acceptors (Lipinski definition) is 2. The van der Waals surface area contributed by atoms with Gasteiger partial charge in [0.15, 0.2) is 0 Å². The van der Waals surface area contributed by atoms with Crippen LogP contribution in [0.1, 0.15) is 47.9 Å². The molecule has 0 radical (unpaired) electrons. The summed E-state index contributed by atoms with van der Waals surface area (Å²) in [6.07, 6.45) is 4.24. The van der Waals surface area contributed by atoms with Gasteiger partial charge in [-0.2, -0.15) is 0 Å². The van der Waals surface area contributed by atoms with Gasteiger partial charge in [-0.3, -0.25) is 0 Å². The number of hydrogen-bond donors (Lipinski definition) is 1. The second-order valence-electron chi connectivity index (χ2n) is 9.60. The lowest BCUT2D eigenvalue weighted by Crippen LogP contribution is -2.35. The van der Waals surface area contributed by atoms with E-state index in [0.717, 1.165) is 19.4 Å². The first-order valence-electron chi connectivity index (χ1n) is 12.0. The Hall–Kier alpha value is -3.20. The lowest BCUT2D eigenvalue weighted by Gasteiger charge is -2.31. The summed E-state index contributed by atoms with van der Waals surface area (Å²) < 4.78 is 0. The summed E-state index contributed by atoms with van der Waals surface area (Å²) >= 11 is 6.55. The highest BCUT2D eigenvalue weighted by molar-refractivity contribution is 6.29. The van der Waals surface area contributed by atoms with E-state index in [2.05, 4.69) is 108 Å². The van der Waals surface area contributed by atoms with Crippen LogP contribution < -0.4 is 5.32 Å². The predicted octanol–water partition coefficient (Wildman–Crippen LogP) is 7.82. The van der Waals surface area contributed by atoms with E-state index in [0.29, 0.717) is 5.15 Å². The molecule has 0 bridgehead atoms. The van der Waals surface area contributed by atoms with Crippen molar-refractivity contribution >= 4 is 33.1 Å². The van der Waals surface area contributed by atoms with Gasteiger partial charge in [0, 0.05) is 17.7 Å². The molecule has 0 saturated carbocycles. The molecule has 3 heteroatoms. The van der Waals surface area contributed by atoms with Crippen molar-refractivity contribution in [1.29, 1.82) is 0 Å². The van der Waals surface area contributed by atoms with Crippen LogP contribution in [0.4, 0.5) is 0 Å². The Bertz CT molecular complexity index is 1420. The molecule has 1 atom stereocenters. The summed E-state index contributed by atoms with van der Waals surface area (Å²) in [5.41, 5.74) is 4.88. The Morgan fingerprint density at radius 2 is 1.38 bits per heavy atom. The van der Waals surface area contributed by atoms with Crippen LogP contribution in [-0.4, -0.2) is 11.5 Å². The van der Waals surface area contributed by atoms with E-state index >= 15 is 0 Å². The Labute approximate surface area is 205 Å². The smallest absolute Gasteiger partial charge is 0.129 e. The van der Waals surface area contributed by atoms with Crippen LogP contribution in [0.25, 0.3) is 21.5 Å². The molecule has 1 fully saturated rings. The van der Waals surface area contributed by atoms with Crippen molar-refractivity contribution in [2.75, 3.05) is 6.54 Å². The minimum Gasteiger partial charge on any atom is -0.308 e. The van der Waals surface area contributed by atoms with Crippen molar-refractivity contribution in [2.45, 2.75) is 31.2 Å². The fourth-order valence-electron chi connectivity index (χ4n) is 5.59. The van der Waals surface area contributed by atoms with Crippen molar-refractivity contribution in [1.82, 2.24) is 10.3 Å². The standard InChI is InChI=1S/C31H27ClN2/c1-31(15-6-16-34-31)28-20-33-29(32)19-27(28)30(25-13-11-21-7-2-4-9-23(21)17-25)26-14-12-22-8-3-5-10-24(22)18-26/h2-5,7-14,17-20,30,34H,6,15-16H2,1H3/t31-/m0/s1. The van der Waals surface area contributed by atoms with Gasteiger partial charge in [-0.15, -0.1) is 0 Å². The maximum Gasteiger partial charge on any atom is 0.129 e. The highest BCUT2D eigenvalue weighted by Crippen LogP contribution is 2.42. The molecular weight excluding hydrogens is 436 g/mol. The van der Waals surface area contributed by atoms with Gasteiger partial charge >= 0.3 is 0 Å². The molecule has 4 aromatic carbocycles. The van der Waals surface area contributed by atoms with Gasteiger partial charge < -0.3 is 5.32 Å². The van der Waals surface area contributed by atoms with Gasteiger partial charge in [-0.05, 0) is 76.2 Å². The fourth-order valence-corrected chi connectivity index (χ4v) is 5.76. The van der Waals surface area contributed by atoms with Gasteiger partial charge in [0.25, 0.3) is 0 Å². The summed E-state index contributed by atoms with van der Waals surface area (Å²) in [7, 11) is 0. The zero-order chi connectivity index (χ0) is 23.1. The van der Waals surface area contributed by atoms with Crippen molar-refractivity contribution in [3.05, 3.63) is 125 Å².